The molecule has 1 heterocycles. The fourth-order valence-electron chi connectivity index (χ4n) is 1.47. The first kappa shape index (κ1) is 10.8. The molecule has 0 saturated heterocycles. The SMILES string of the molecule is COC(=O)C1CN/C=C/CC/C=C/1C. The molecule has 1 N–H and O–H groups in total. The summed E-state index contributed by atoms with van der Waals surface area (Å²) >= 11 is 0. The van der Waals surface area contributed by atoms with E-state index in [1.807, 2.05) is 13.1 Å². The number of hydrogen-bond donors (Lipinski definition) is 1. The quantitative estimate of drug-likeness (QED) is 0.510. The van der Waals surface area contributed by atoms with Crippen molar-refractivity contribution < 1.29 is 9.53 Å². The lowest BCUT2D eigenvalue weighted by Crippen LogP contribution is -2.27. The normalized spacial score (nSPS) is 28.4. The monoisotopic (exact) mass is 195 g/mol. The van der Waals surface area contributed by atoms with Crippen molar-refractivity contribution in [2.24, 2.45) is 5.92 Å². The van der Waals surface area contributed by atoms with Crippen molar-refractivity contribution in [2.75, 3.05) is 13.7 Å². The van der Waals surface area contributed by atoms with Gasteiger partial charge in [-0.3, -0.25) is 4.79 Å². The number of hydrogen-bond acceptors (Lipinski definition) is 3. The van der Waals surface area contributed by atoms with Crippen molar-refractivity contribution in [3.63, 3.8) is 0 Å². The van der Waals surface area contributed by atoms with E-state index in [1.54, 1.807) is 0 Å². The maximum atomic E-state index is 11.4. The van der Waals surface area contributed by atoms with E-state index < -0.39 is 0 Å². The molecule has 0 saturated carbocycles. The molecule has 0 fully saturated rings. The molecular formula is C11H17NO2. The lowest BCUT2D eigenvalue weighted by molar-refractivity contribution is -0.143. The van der Waals surface area contributed by atoms with Gasteiger partial charge >= 0.3 is 5.97 Å². The maximum Gasteiger partial charge on any atom is 0.314 e. The third-order valence-corrected chi connectivity index (χ3v) is 2.39. The number of nitrogens with one attached hydrogen (secondary N) is 1. The van der Waals surface area contributed by atoms with Gasteiger partial charge in [-0.15, -0.1) is 0 Å². The summed E-state index contributed by atoms with van der Waals surface area (Å²) in [5.74, 6) is -0.315. The summed E-state index contributed by atoms with van der Waals surface area (Å²) in [5.41, 5.74) is 1.09. The summed E-state index contributed by atoms with van der Waals surface area (Å²) in [4.78, 5) is 11.4. The number of esters is 1. The number of carbonyl (C=O) groups is 1. The van der Waals surface area contributed by atoms with Crippen molar-refractivity contribution in [2.45, 2.75) is 19.8 Å². The first-order valence-electron chi connectivity index (χ1n) is 4.88. The Labute approximate surface area is 84.8 Å². The average molecular weight is 195 g/mol. The van der Waals surface area contributed by atoms with Crippen molar-refractivity contribution in [1.82, 2.24) is 5.32 Å². The Kier molecular flexibility index (Phi) is 4.23. The van der Waals surface area contributed by atoms with Crippen LogP contribution in [-0.2, 0) is 9.53 Å². The number of rotatable bonds is 1. The average Bonchev–Trinajstić information content (AvgIpc) is 2.29. The first-order valence-corrected chi connectivity index (χ1v) is 4.88. The number of carbonyl (C=O) groups excluding carboxylic acids is 1. The maximum absolute atomic E-state index is 11.4. The van der Waals surface area contributed by atoms with Crippen LogP contribution in [0.3, 0.4) is 0 Å². The minimum atomic E-state index is -0.165. The van der Waals surface area contributed by atoms with E-state index in [0.717, 1.165) is 18.4 Å². The van der Waals surface area contributed by atoms with Crippen LogP contribution in [0.4, 0.5) is 0 Å². The van der Waals surface area contributed by atoms with Gasteiger partial charge in [0, 0.05) is 6.54 Å². The van der Waals surface area contributed by atoms with Crippen molar-refractivity contribution >= 4 is 5.97 Å². The van der Waals surface area contributed by atoms with E-state index in [1.165, 1.54) is 7.11 Å². The lowest BCUT2D eigenvalue weighted by atomic mass is 9.99. The molecule has 3 heteroatoms. The molecule has 1 rings (SSSR count). The van der Waals surface area contributed by atoms with E-state index in [2.05, 4.69) is 17.5 Å². The van der Waals surface area contributed by atoms with Gasteiger partial charge in [0.2, 0.25) is 0 Å². The van der Waals surface area contributed by atoms with Crippen molar-refractivity contribution in [3.8, 4) is 0 Å². The van der Waals surface area contributed by atoms with Gasteiger partial charge in [0.15, 0.2) is 0 Å². The van der Waals surface area contributed by atoms with Crippen LogP contribution in [0.25, 0.3) is 0 Å². The second-order valence-corrected chi connectivity index (χ2v) is 3.41. The molecule has 0 spiro atoms. The third kappa shape index (κ3) is 2.91. The van der Waals surface area contributed by atoms with E-state index in [4.69, 9.17) is 4.74 Å². The summed E-state index contributed by atoms with van der Waals surface area (Å²) in [6.07, 6.45) is 8.08. The Hall–Kier alpha value is -1.25. The molecule has 1 unspecified atom stereocenters. The van der Waals surface area contributed by atoms with Crippen LogP contribution in [0.5, 0.6) is 0 Å². The number of ether oxygens (including phenoxy) is 1. The number of methoxy groups -OCH3 is 1. The first-order chi connectivity index (χ1) is 6.75. The van der Waals surface area contributed by atoms with Gasteiger partial charge in [0.05, 0.1) is 13.0 Å². The van der Waals surface area contributed by atoms with E-state index in [-0.39, 0.29) is 11.9 Å². The van der Waals surface area contributed by atoms with E-state index >= 15 is 0 Å². The molecule has 1 atom stereocenters. The highest BCUT2D eigenvalue weighted by Crippen LogP contribution is 2.14. The molecular weight excluding hydrogens is 178 g/mol. The van der Waals surface area contributed by atoms with Crippen LogP contribution >= 0.6 is 0 Å². The summed E-state index contributed by atoms with van der Waals surface area (Å²) < 4.78 is 4.75. The van der Waals surface area contributed by atoms with Crippen LogP contribution in [0, 0.1) is 5.92 Å². The molecule has 0 amide bonds. The van der Waals surface area contributed by atoms with Crippen LogP contribution in [0.2, 0.25) is 0 Å². The molecule has 1 aliphatic heterocycles. The largest absolute Gasteiger partial charge is 0.469 e. The molecule has 0 aromatic heterocycles. The van der Waals surface area contributed by atoms with Crippen molar-refractivity contribution in [1.29, 1.82) is 0 Å². The Morgan fingerprint density at radius 3 is 3.07 bits per heavy atom. The van der Waals surface area contributed by atoms with Crippen LogP contribution < -0.4 is 5.32 Å². The fourth-order valence-corrected chi connectivity index (χ4v) is 1.47. The predicted molar refractivity (Wildman–Crippen MR) is 55.6 cm³/mol. The second kappa shape index (κ2) is 5.47. The Morgan fingerprint density at radius 2 is 2.36 bits per heavy atom. The van der Waals surface area contributed by atoms with Crippen LogP contribution in [-0.4, -0.2) is 19.6 Å². The molecule has 3 nitrogen and oxygen atoms in total. The highest BCUT2D eigenvalue weighted by molar-refractivity contribution is 5.75. The van der Waals surface area contributed by atoms with E-state index in [9.17, 15) is 4.79 Å². The van der Waals surface area contributed by atoms with Gasteiger partial charge in [0.1, 0.15) is 0 Å². The van der Waals surface area contributed by atoms with E-state index in [0.29, 0.717) is 6.54 Å². The standard InChI is InChI=1S/C11H17NO2/c1-9-6-4-3-5-7-12-8-10(9)11(13)14-2/h5-7,10,12H,3-4,8H2,1-2H3/b7-5+,9-6+. The molecule has 78 valence electrons. The van der Waals surface area contributed by atoms with Gasteiger partial charge in [-0.25, -0.2) is 0 Å². The molecule has 0 aromatic carbocycles. The molecule has 0 radical (unpaired) electrons. The minimum Gasteiger partial charge on any atom is -0.469 e. The Morgan fingerprint density at radius 1 is 1.57 bits per heavy atom. The zero-order valence-electron chi connectivity index (χ0n) is 8.75. The van der Waals surface area contributed by atoms with Crippen molar-refractivity contribution in [3.05, 3.63) is 23.9 Å². The topological polar surface area (TPSA) is 38.3 Å². The summed E-state index contributed by atoms with van der Waals surface area (Å²) in [7, 11) is 1.43. The summed E-state index contributed by atoms with van der Waals surface area (Å²) in [5, 5.41) is 3.10. The number of allylic oxidation sites excluding steroid dienone is 2. The second-order valence-electron chi connectivity index (χ2n) is 3.41. The van der Waals surface area contributed by atoms with Crippen LogP contribution in [0.15, 0.2) is 23.9 Å². The van der Waals surface area contributed by atoms with Gasteiger partial charge < -0.3 is 10.1 Å². The Bertz CT molecular complexity index is 256. The van der Waals surface area contributed by atoms with Gasteiger partial charge in [-0.2, -0.15) is 0 Å². The molecule has 1 aliphatic rings. The van der Waals surface area contributed by atoms with Gasteiger partial charge in [-0.1, -0.05) is 17.7 Å². The molecule has 0 aliphatic carbocycles. The minimum absolute atomic E-state index is 0.150. The fraction of sp³-hybridized carbons (Fsp3) is 0.545. The molecule has 14 heavy (non-hydrogen) atoms. The van der Waals surface area contributed by atoms with Gasteiger partial charge in [0.25, 0.3) is 0 Å². The lowest BCUT2D eigenvalue weighted by Gasteiger charge is -2.14. The molecule has 0 bridgehead atoms. The third-order valence-electron chi connectivity index (χ3n) is 2.39. The highest BCUT2D eigenvalue weighted by atomic mass is 16.5. The summed E-state index contributed by atoms with van der Waals surface area (Å²) in [6, 6.07) is 0. The summed E-state index contributed by atoms with van der Waals surface area (Å²) in [6.45, 7) is 2.60. The predicted octanol–water partition coefficient (Wildman–Crippen LogP) is 1.62. The zero-order chi connectivity index (χ0) is 10.4. The molecule has 0 aromatic rings. The van der Waals surface area contributed by atoms with Gasteiger partial charge in [-0.05, 0) is 26.0 Å². The highest BCUT2D eigenvalue weighted by Gasteiger charge is 2.20. The zero-order valence-corrected chi connectivity index (χ0v) is 8.75. The smallest absolute Gasteiger partial charge is 0.314 e. The van der Waals surface area contributed by atoms with Crippen LogP contribution in [0.1, 0.15) is 19.8 Å². The Balaban J connectivity index is 2.72.